The minimum Gasteiger partial charge on any atom is -0.344 e. The highest BCUT2D eigenvalue weighted by Crippen LogP contribution is 2.37. The molecule has 1 amide bonds. The largest absolute Gasteiger partial charge is 0.344 e. The van der Waals surface area contributed by atoms with Crippen LogP contribution in [-0.4, -0.2) is 73.5 Å². The van der Waals surface area contributed by atoms with Crippen LogP contribution in [0, 0.1) is 0 Å². The van der Waals surface area contributed by atoms with Crippen molar-refractivity contribution in [2.75, 3.05) is 46.8 Å². The molecule has 1 heterocycles. The number of piperidine rings is 1. The first-order valence-electron chi connectivity index (χ1n) is 9.80. The molecular weight excluding hydrogens is 310 g/mol. The number of likely N-dealkylation sites (tertiary alicyclic amines) is 1. The first-order chi connectivity index (χ1) is 12.1. The third-order valence-electron chi connectivity index (χ3n) is 6.20. The maximum atomic E-state index is 13.5. The topological polar surface area (TPSA) is 26.8 Å². The molecule has 0 unspecified atom stereocenters. The minimum atomic E-state index is -0.347. The van der Waals surface area contributed by atoms with Gasteiger partial charge in [-0.15, -0.1) is 0 Å². The maximum absolute atomic E-state index is 13.5. The lowest BCUT2D eigenvalue weighted by Gasteiger charge is -2.43. The highest BCUT2D eigenvalue weighted by Gasteiger charge is 2.44. The highest BCUT2D eigenvalue weighted by molar-refractivity contribution is 5.88. The van der Waals surface area contributed by atoms with Gasteiger partial charge in [-0.3, -0.25) is 4.79 Å². The van der Waals surface area contributed by atoms with Gasteiger partial charge in [0.15, 0.2) is 0 Å². The highest BCUT2D eigenvalue weighted by atomic mass is 16.2. The molecule has 1 aliphatic heterocycles. The van der Waals surface area contributed by atoms with E-state index in [1.54, 1.807) is 0 Å². The lowest BCUT2D eigenvalue weighted by Crippen LogP contribution is -2.53. The normalized spacial score (nSPS) is 20.6. The van der Waals surface area contributed by atoms with E-state index in [-0.39, 0.29) is 5.41 Å². The fourth-order valence-corrected chi connectivity index (χ4v) is 4.11. The van der Waals surface area contributed by atoms with E-state index in [1.165, 1.54) is 18.4 Å². The van der Waals surface area contributed by atoms with Gasteiger partial charge in [-0.1, -0.05) is 37.3 Å². The van der Waals surface area contributed by atoms with Crippen molar-refractivity contribution in [1.82, 2.24) is 14.7 Å². The van der Waals surface area contributed by atoms with E-state index in [9.17, 15) is 4.79 Å². The van der Waals surface area contributed by atoms with Gasteiger partial charge in [0.05, 0.1) is 5.41 Å². The number of carbonyl (C=O) groups excluding carboxylic acids is 1. The van der Waals surface area contributed by atoms with Gasteiger partial charge in [0.25, 0.3) is 0 Å². The molecule has 0 bridgehead atoms. The van der Waals surface area contributed by atoms with Crippen molar-refractivity contribution in [2.24, 2.45) is 0 Å². The summed E-state index contributed by atoms with van der Waals surface area (Å²) in [7, 11) is 4.17. The lowest BCUT2D eigenvalue weighted by atomic mass is 9.71. The number of benzene rings is 1. The van der Waals surface area contributed by atoms with Gasteiger partial charge in [-0.25, -0.2) is 0 Å². The Balaban J connectivity index is 1.73. The summed E-state index contributed by atoms with van der Waals surface area (Å²) in [6, 6.07) is 11.2. The Bertz CT molecular complexity index is 562. The SMILES string of the molecule is CCN1CCC(C(=O)N(C)CCN(C)C2CC2)(c2ccccc2)CC1. The Hall–Kier alpha value is -1.39. The summed E-state index contributed by atoms with van der Waals surface area (Å²) < 4.78 is 0. The van der Waals surface area contributed by atoms with E-state index < -0.39 is 0 Å². The molecule has 1 aliphatic carbocycles. The third kappa shape index (κ3) is 4.06. The van der Waals surface area contributed by atoms with Crippen LogP contribution in [-0.2, 0) is 10.2 Å². The standard InChI is InChI=1S/C21H33N3O/c1-4-24-14-12-21(13-15-24,18-8-6-5-7-9-18)20(25)23(3)17-16-22(2)19-10-11-19/h5-9,19H,4,10-17H2,1-3H3. The number of rotatable bonds is 7. The zero-order valence-electron chi connectivity index (χ0n) is 16.1. The molecule has 138 valence electrons. The Labute approximate surface area is 152 Å². The van der Waals surface area contributed by atoms with Gasteiger partial charge in [0.1, 0.15) is 0 Å². The molecule has 1 aromatic rings. The van der Waals surface area contributed by atoms with E-state index >= 15 is 0 Å². The first kappa shape index (κ1) is 18.4. The van der Waals surface area contributed by atoms with Crippen molar-refractivity contribution >= 4 is 5.91 Å². The van der Waals surface area contributed by atoms with Crippen LogP contribution in [0.15, 0.2) is 30.3 Å². The Kier molecular flexibility index (Phi) is 5.80. The zero-order chi connectivity index (χ0) is 17.9. The molecule has 0 aromatic heterocycles. The minimum absolute atomic E-state index is 0.304. The molecule has 1 aromatic carbocycles. The van der Waals surface area contributed by atoms with E-state index in [0.717, 1.165) is 51.6 Å². The smallest absolute Gasteiger partial charge is 0.233 e. The quantitative estimate of drug-likeness (QED) is 0.761. The van der Waals surface area contributed by atoms with Crippen LogP contribution in [0.25, 0.3) is 0 Å². The van der Waals surface area contributed by atoms with Gasteiger partial charge in [0, 0.05) is 26.2 Å². The van der Waals surface area contributed by atoms with E-state index in [2.05, 4.69) is 48.0 Å². The molecule has 0 spiro atoms. The van der Waals surface area contributed by atoms with Crippen LogP contribution < -0.4 is 0 Å². The van der Waals surface area contributed by atoms with Crippen LogP contribution in [0.2, 0.25) is 0 Å². The average molecular weight is 344 g/mol. The Morgan fingerprint density at radius 1 is 1.12 bits per heavy atom. The van der Waals surface area contributed by atoms with Crippen LogP contribution in [0.1, 0.15) is 38.2 Å². The Morgan fingerprint density at radius 3 is 2.32 bits per heavy atom. The molecule has 1 saturated heterocycles. The summed E-state index contributed by atoms with van der Waals surface area (Å²) in [6.07, 6.45) is 4.48. The molecule has 0 radical (unpaired) electrons. The van der Waals surface area contributed by atoms with Crippen LogP contribution >= 0.6 is 0 Å². The van der Waals surface area contributed by atoms with E-state index in [4.69, 9.17) is 0 Å². The van der Waals surface area contributed by atoms with Crippen molar-refractivity contribution in [3.8, 4) is 0 Å². The summed E-state index contributed by atoms with van der Waals surface area (Å²) in [6.45, 7) is 7.08. The summed E-state index contributed by atoms with van der Waals surface area (Å²) in [5.41, 5.74) is 0.845. The molecule has 2 aliphatic rings. The van der Waals surface area contributed by atoms with Gasteiger partial charge in [-0.2, -0.15) is 0 Å². The van der Waals surface area contributed by atoms with Crippen molar-refractivity contribution in [2.45, 2.75) is 44.1 Å². The second-order valence-corrected chi connectivity index (χ2v) is 7.82. The second-order valence-electron chi connectivity index (χ2n) is 7.82. The van der Waals surface area contributed by atoms with Gasteiger partial charge < -0.3 is 14.7 Å². The predicted octanol–water partition coefficient (Wildman–Crippen LogP) is 2.59. The molecular formula is C21H33N3O. The fourth-order valence-electron chi connectivity index (χ4n) is 4.11. The van der Waals surface area contributed by atoms with Crippen molar-refractivity contribution in [3.05, 3.63) is 35.9 Å². The number of hydrogen-bond acceptors (Lipinski definition) is 3. The number of likely N-dealkylation sites (N-methyl/N-ethyl adjacent to an activating group) is 2. The average Bonchev–Trinajstić information content (AvgIpc) is 3.51. The molecule has 4 nitrogen and oxygen atoms in total. The summed E-state index contributed by atoms with van der Waals surface area (Å²) in [5.74, 6) is 0.304. The summed E-state index contributed by atoms with van der Waals surface area (Å²) >= 11 is 0. The van der Waals surface area contributed by atoms with E-state index in [0.29, 0.717) is 5.91 Å². The van der Waals surface area contributed by atoms with Crippen LogP contribution in [0.3, 0.4) is 0 Å². The van der Waals surface area contributed by atoms with Gasteiger partial charge >= 0.3 is 0 Å². The summed E-state index contributed by atoms with van der Waals surface area (Å²) in [4.78, 5) is 20.3. The molecule has 0 atom stereocenters. The molecule has 3 rings (SSSR count). The van der Waals surface area contributed by atoms with Crippen LogP contribution in [0.4, 0.5) is 0 Å². The molecule has 1 saturated carbocycles. The summed E-state index contributed by atoms with van der Waals surface area (Å²) in [5, 5.41) is 0. The van der Waals surface area contributed by atoms with Crippen molar-refractivity contribution < 1.29 is 4.79 Å². The Morgan fingerprint density at radius 2 is 1.76 bits per heavy atom. The van der Waals surface area contributed by atoms with Gasteiger partial charge in [0.2, 0.25) is 5.91 Å². The number of carbonyl (C=O) groups is 1. The number of nitrogens with zero attached hydrogens (tertiary/aromatic N) is 3. The second kappa shape index (κ2) is 7.88. The zero-order valence-corrected chi connectivity index (χ0v) is 16.1. The lowest BCUT2D eigenvalue weighted by molar-refractivity contribution is -0.138. The third-order valence-corrected chi connectivity index (χ3v) is 6.20. The van der Waals surface area contributed by atoms with Crippen molar-refractivity contribution in [1.29, 1.82) is 0 Å². The number of amides is 1. The predicted molar refractivity (Wildman–Crippen MR) is 103 cm³/mol. The molecule has 25 heavy (non-hydrogen) atoms. The van der Waals surface area contributed by atoms with Crippen molar-refractivity contribution in [3.63, 3.8) is 0 Å². The maximum Gasteiger partial charge on any atom is 0.233 e. The number of hydrogen-bond donors (Lipinski definition) is 0. The first-order valence-corrected chi connectivity index (χ1v) is 9.80. The van der Waals surface area contributed by atoms with Gasteiger partial charge in [-0.05, 0) is 57.9 Å². The molecule has 4 heteroatoms. The van der Waals surface area contributed by atoms with E-state index in [1.807, 2.05) is 18.0 Å². The van der Waals surface area contributed by atoms with Crippen LogP contribution in [0.5, 0.6) is 0 Å². The molecule has 2 fully saturated rings. The monoisotopic (exact) mass is 343 g/mol. The fraction of sp³-hybridized carbons (Fsp3) is 0.667. The molecule has 0 N–H and O–H groups in total.